The van der Waals surface area contributed by atoms with Crippen LogP contribution in [0.4, 0.5) is 11.6 Å². The molecule has 1 saturated heterocycles. The van der Waals surface area contributed by atoms with Crippen LogP contribution in [0.3, 0.4) is 0 Å². The Morgan fingerprint density at radius 2 is 2.14 bits per heavy atom. The van der Waals surface area contributed by atoms with Crippen molar-refractivity contribution < 1.29 is 14.1 Å². The number of aromatic nitrogens is 2. The number of thioether (sulfide) groups is 1. The predicted octanol–water partition coefficient (Wildman–Crippen LogP) is 1.66. The number of aryl methyl sites for hydroxylation is 1. The number of hydrogen-bond acceptors (Lipinski definition) is 8. The van der Waals surface area contributed by atoms with Crippen molar-refractivity contribution in [2.24, 2.45) is 0 Å². The van der Waals surface area contributed by atoms with Gasteiger partial charge in [-0.25, -0.2) is 4.98 Å². The smallest absolute Gasteiger partial charge is 0.238 e. The highest BCUT2D eigenvalue weighted by atomic mass is 32.2. The first-order chi connectivity index (χ1) is 14.0. The maximum Gasteiger partial charge on any atom is 0.238 e. The molecule has 0 radical (unpaired) electrons. The summed E-state index contributed by atoms with van der Waals surface area (Å²) in [5.74, 6) is 1.63. The van der Waals surface area contributed by atoms with E-state index in [2.05, 4.69) is 21.5 Å². The first-order valence-corrected chi connectivity index (χ1v) is 10.3. The number of rotatable bonds is 6. The highest BCUT2D eigenvalue weighted by molar-refractivity contribution is 8.01. The van der Waals surface area contributed by atoms with Crippen LogP contribution in [0.1, 0.15) is 18.2 Å². The quantitative estimate of drug-likeness (QED) is 0.759. The molecule has 10 heteroatoms. The second-order valence-corrected chi connectivity index (χ2v) is 7.95. The lowest BCUT2D eigenvalue weighted by Crippen LogP contribution is -2.49. The Morgan fingerprint density at radius 3 is 2.79 bits per heavy atom. The van der Waals surface area contributed by atoms with Crippen molar-refractivity contribution in [2.75, 3.05) is 42.1 Å². The van der Waals surface area contributed by atoms with Crippen LogP contribution >= 0.6 is 11.8 Å². The van der Waals surface area contributed by atoms with Crippen molar-refractivity contribution >= 4 is 35.2 Å². The predicted molar refractivity (Wildman–Crippen MR) is 110 cm³/mol. The van der Waals surface area contributed by atoms with Gasteiger partial charge in [0, 0.05) is 38.4 Å². The molecular weight excluding hydrogens is 392 g/mol. The lowest BCUT2D eigenvalue weighted by molar-refractivity contribution is -0.128. The number of carbonyl (C=O) groups is 2. The van der Waals surface area contributed by atoms with Crippen molar-refractivity contribution in [1.82, 2.24) is 15.0 Å². The topological polar surface area (TPSA) is 115 Å². The second kappa shape index (κ2) is 9.43. The van der Waals surface area contributed by atoms with Crippen LogP contribution in [0.5, 0.6) is 0 Å². The minimum absolute atomic E-state index is 0.00638. The highest BCUT2D eigenvalue weighted by Crippen LogP contribution is 2.19. The molecule has 29 heavy (non-hydrogen) atoms. The average Bonchev–Trinajstić information content (AvgIpc) is 3.16. The summed E-state index contributed by atoms with van der Waals surface area (Å²) in [5, 5.41) is 15.2. The molecule has 9 nitrogen and oxygen atoms in total. The van der Waals surface area contributed by atoms with Crippen LogP contribution in [0.2, 0.25) is 0 Å². The van der Waals surface area contributed by atoms with Crippen LogP contribution in [-0.4, -0.2) is 64.0 Å². The van der Waals surface area contributed by atoms with Gasteiger partial charge >= 0.3 is 0 Å². The molecule has 3 heterocycles. The first-order valence-electron chi connectivity index (χ1n) is 9.21. The summed E-state index contributed by atoms with van der Waals surface area (Å²) < 4.78 is 4.92. The zero-order valence-electron chi connectivity index (χ0n) is 16.3. The minimum Gasteiger partial charge on any atom is -0.360 e. The van der Waals surface area contributed by atoms with E-state index in [1.54, 1.807) is 43.1 Å². The van der Waals surface area contributed by atoms with E-state index in [1.807, 2.05) is 4.90 Å². The Kier molecular flexibility index (Phi) is 6.72. The van der Waals surface area contributed by atoms with Gasteiger partial charge in [0.05, 0.1) is 16.6 Å². The summed E-state index contributed by atoms with van der Waals surface area (Å²) >= 11 is 1.28. The van der Waals surface area contributed by atoms with E-state index in [1.165, 1.54) is 11.8 Å². The lowest BCUT2D eigenvalue weighted by atomic mass is 10.2. The van der Waals surface area contributed by atoms with Gasteiger partial charge in [-0.15, -0.1) is 11.8 Å². The number of amides is 2. The average molecular weight is 414 g/mol. The molecule has 1 atom stereocenters. The highest BCUT2D eigenvalue weighted by Gasteiger charge is 2.24. The Morgan fingerprint density at radius 1 is 1.38 bits per heavy atom. The van der Waals surface area contributed by atoms with E-state index in [4.69, 9.17) is 4.52 Å². The van der Waals surface area contributed by atoms with Gasteiger partial charge in [0.2, 0.25) is 11.8 Å². The van der Waals surface area contributed by atoms with Gasteiger partial charge < -0.3 is 19.6 Å². The summed E-state index contributed by atoms with van der Waals surface area (Å²) in [4.78, 5) is 32.8. The van der Waals surface area contributed by atoms with Gasteiger partial charge in [-0.05, 0) is 26.0 Å². The van der Waals surface area contributed by atoms with Crippen molar-refractivity contribution in [3.8, 4) is 6.07 Å². The third-order valence-electron chi connectivity index (χ3n) is 4.54. The van der Waals surface area contributed by atoms with Gasteiger partial charge in [-0.2, -0.15) is 5.26 Å². The van der Waals surface area contributed by atoms with E-state index < -0.39 is 5.25 Å². The number of anilines is 2. The molecule has 1 fully saturated rings. The number of nitriles is 1. The minimum atomic E-state index is -0.399. The molecule has 2 amide bonds. The van der Waals surface area contributed by atoms with Crippen molar-refractivity contribution in [3.63, 3.8) is 0 Å². The van der Waals surface area contributed by atoms with E-state index in [-0.39, 0.29) is 17.6 Å². The van der Waals surface area contributed by atoms with Gasteiger partial charge in [0.1, 0.15) is 17.6 Å². The molecule has 152 valence electrons. The number of nitrogens with one attached hydrogen (secondary N) is 1. The largest absolute Gasteiger partial charge is 0.360 e. The molecule has 1 aliphatic rings. The molecule has 2 aromatic heterocycles. The fourth-order valence-corrected chi connectivity index (χ4v) is 3.71. The molecule has 0 spiro atoms. The number of pyridine rings is 1. The Labute approximate surface area is 173 Å². The molecule has 0 aliphatic carbocycles. The zero-order valence-corrected chi connectivity index (χ0v) is 17.1. The van der Waals surface area contributed by atoms with Crippen LogP contribution in [-0.2, 0) is 9.59 Å². The van der Waals surface area contributed by atoms with Gasteiger partial charge in [0.25, 0.3) is 0 Å². The van der Waals surface area contributed by atoms with Crippen LogP contribution < -0.4 is 10.2 Å². The maximum atomic E-state index is 12.5. The number of nitrogens with zero attached hydrogens (tertiary/aromatic N) is 5. The normalized spacial score (nSPS) is 14.9. The van der Waals surface area contributed by atoms with Crippen LogP contribution in [0.15, 0.2) is 28.9 Å². The lowest BCUT2D eigenvalue weighted by Gasteiger charge is -2.35. The van der Waals surface area contributed by atoms with Gasteiger partial charge in [-0.3, -0.25) is 9.59 Å². The Balaban J connectivity index is 1.45. The summed E-state index contributed by atoms with van der Waals surface area (Å²) in [6, 6.07) is 7.27. The summed E-state index contributed by atoms with van der Waals surface area (Å²) in [7, 11) is 0. The third-order valence-corrected chi connectivity index (χ3v) is 5.67. The van der Waals surface area contributed by atoms with Crippen molar-refractivity contribution in [1.29, 1.82) is 5.26 Å². The van der Waals surface area contributed by atoms with E-state index in [0.29, 0.717) is 49.1 Å². The van der Waals surface area contributed by atoms with Crippen LogP contribution in [0, 0.1) is 18.3 Å². The monoisotopic (exact) mass is 414 g/mol. The Hall–Kier alpha value is -3.06. The SMILES string of the molecule is Cc1cc(NC(=O)C(C)SCC(=O)N2CCN(c3ncccc3C#N)CC2)no1. The van der Waals surface area contributed by atoms with Crippen molar-refractivity contribution in [2.45, 2.75) is 19.1 Å². The van der Waals surface area contributed by atoms with E-state index in [0.717, 1.165) is 0 Å². The molecule has 2 aromatic rings. The van der Waals surface area contributed by atoms with E-state index >= 15 is 0 Å². The molecule has 0 bridgehead atoms. The van der Waals surface area contributed by atoms with Gasteiger partial charge in [0.15, 0.2) is 5.82 Å². The molecule has 1 unspecified atom stereocenters. The number of carbonyl (C=O) groups excluding carboxylic acids is 2. The molecule has 0 saturated carbocycles. The second-order valence-electron chi connectivity index (χ2n) is 6.62. The van der Waals surface area contributed by atoms with Crippen LogP contribution in [0.25, 0.3) is 0 Å². The molecular formula is C19H22N6O3S. The summed E-state index contributed by atoms with van der Waals surface area (Å²) in [6.45, 7) is 5.84. The molecule has 3 rings (SSSR count). The summed E-state index contributed by atoms with van der Waals surface area (Å²) in [5.41, 5.74) is 0.532. The van der Waals surface area contributed by atoms with E-state index in [9.17, 15) is 14.9 Å². The number of piperazine rings is 1. The van der Waals surface area contributed by atoms with Gasteiger partial charge in [-0.1, -0.05) is 5.16 Å². The maximum absolute atomic E-state index is 12.5. The molecule has 0 aromatic carbocycles. The molecule has 1 aliphatic heterocycles. The Bertz CT molecular complexity index is 917. The van der Waals surface area contributed by atoms with Crippen molar-refractivity contribution in [3.05, 3.63) is 35.7 Å². The third kappa shape index (κ3) is 5.26. The number of hydrogen-bond donors (Lipinski definition) is 1. The first kappa shape index (κ1) is 20.7. The summed E-state index contributed by atoms with van der Waals surface area (Å²) in [6.07, 6.45) is 1.66. The molecule has 1 N–H and O–H groups in total. The zero-order chi connectivity index (χ0) is 20.8. The fourth-order valence-electron chi connectivity index (χ4n) is 2.92. The fraction of sp³-hybridized carbons (Fsp3) is 0.421. The standard InChI is InChI=1S/C19H22N6O3S/c1-13-10-16(23-28-13)22-19(27)14(2)29-12-17(26)24-6-8-25(9-7-24)18-15(11-20)4-3-5-21-18/h3-5,10,14H,6-9,12H2,1-2H3,(H,22,23,27).